The molecule has 0 radical (unpaired) electrons. The van der Waals surface area contributed by atoms with Crippen LogP contribution in [0, 0.1) is 0 Å². The fourth-order valence-electron chi connectivity index (χ4n) is 2.45. The van der Waals surface area contributed by atoms with E-state index < -0.39 is 12.0 Å². The van der Waals surface area contributed by atoms with Crippen molar-refractivity contribution in [2.45, 2.75) is 25.3 Å². The SMILES string of the molecule is COc1ccc(C(=O)N2CCCC[C@H]2C(=O)O)c(N)c1. The zero-order chi connectivity index (χ0) is 14.7. The molecular formula is C14H18N2O4. The maximum atomic E-state index is 12.5. The molecule has 1 saturated heterocycles. The Morgan fingerprint density at radius 2 is 2.15 bits per heavy atom. The van der Waals surface area contributed by atoms with E-state index in [4.69, 9.17) is 10.5 Å². The van der Waals surface area contributed by atoms with Crippen LogP contribution >= 0.6 is 0 Å². The van der Waals surface area contributed by atoms with E-state index in [0.717, 1.165) is 12.8 Å². The lowest BCUT2D eigenvalue weighted by atomic mass is 10.0. The summed E-state index contributed by atoms with van der Waals surface area (Å²) in [5, 5.41) is 9.21. The molecule has 1 amide bonds. The molecule has 3 N–H and O–H groups in total. The van der Waals surface area contributed by atoms with Gasteiger partial charge in [0.25, 0.3) is 5.91 Å². The summed E-state index contributed by atoms with van der Waals surface area (Å²) in [5.74, 6) is -0.741. The third-order valence-electron chi connectivity index (χ3n) is 3.54. The monoisotopic (exact) mass is 278 g/mol. The van der Waals surface area contributed by atoms with E-state index in [1.807, 2.05) is 0 Å². The lowest BCUT2D eigenvalue weighted by Gasteiger charge is -2.33. The fraction of sp³-hybridized carbons (Fsp3) is 0.429. The van der Waals surface area contributed by atoms with E-state index in [2.05, 4.69) is 0 Å². The Morgan fingerprint density at radius 3 is 2.75 bits per heavy atom. The highest BCUT2D eigenvalue weighted by Gasteiger charge is 2.33. The van der Waals surface area contributed by atoms with Gasteiger partial charge in [-0.2, -0.15) is 0 Å². The van der Waals surface area contributed by atoms with Gasteiger partial charge in [0, 0.05) is 18.3 Å². The van der Waals surface area contributed by atoms with Crippen LogP contribution in [0.1, 0.15) is 29.6 Å². The number of aliphatic carboxylic acids is 1. The zero-order valence-electron chi connectivity index (χ0n) is 11.3. The molecule has 1 fully saturated rings. The average molecular weight is 278 g/mol. The molecule has 0 aromatic heterocycles. The minimum Gasteiger partial charge on any atom is -0.497 e. The van der Waals surface area contributed by atoms with Gasteiger partial charge in [0.15, 0.2) is 0 Å². The molecule has 108 valence electrons. The second kappa shape index (κ2) is 5.81. The predicted molar refractivity (Wildman–Crippen MR) is 73.7 cm³/mol. The number of anilines is 1. The van der Waals surface area contributed by atoms with Crippen molar-refractivity contribution in [3.8, 4) is 5.75 Å². The molecule has 1 aliphatic heterocycles. The second-order valence-electron chi connectivity index (χ2n) is 4.80. The van der Waals surface area contributed by atoms with Crippen molar-refractivity contribution in [2.24, 2.45) is 0 Å². The summed E-state index contributed by atoms with van der Waals surface area (Å²) in [7, 11) is 1.52. The van der Waals surface area contributed by atoms with Gasteiger partial charge in [-0.3, -0.25) is 4.79 Å². The third kappa shape index (κ3) is 2.68. The van der Waals surface area contributed by atoms with Crippen LogP contribution in [0.2, 0.25) is 0 Å². The normalized spacial score (nSPS) is 18.6. The summed E-state index contributed by atoms with van der Waals surface area (Å²) in [4.78, 5) is 25.1. The summed E-state index contributed by atoms with van der Waals surface area (Å²) in [6, 6.07) is 4.01. The van der Waals surface area contributed by atoms with Gasteiger partial charge in [-0.25, -0.2) is 4.79 Å². The number of benzene rings is 1. The summed E-state index contributed by atoms with van der Waals surface area (Å²) < 4.78 is 5.04. The number of ether oxygens (including phenoxy) is 1. The molecule has 1 aliphatic rings. The Morgan fingerprint density at radius 1 is 1.40 bits per heavy atom. The molecule has 1 heterocycles. The van der Waals surface area contributed by atoms with Crippen molar-refractivity contribution in [1.29, 1.82) is 0 Å². The molecule has 0 aliphatic carbocycles. The molecule has 20 heavy (non-hydrogen) atoms. The zero-order valence-corrected chi connectivity index (χ0v) is 11.3. The number of methoxy groups -OCH3 is 1. The Kier molecular flexibility index (Phi) is 4.12. The highest BCUT2D eigenvalue weighted by Crippen LogP contribution is 2.25. The van der Waals surface area contributed by atoms with E-state index in [1.165, 1.54) is 12.0 Å². The predicted octanol–water partition coefficient (Wildman–Crippen LogP) is 1.36. The molecule has 0 unspecified atom stereocenters. The quantitative estimate of drug-likeness (QED) is 0.814. The molecule has 1 aromatic rings. The van der Waals surface area contributed by atoms with Crippen molar-refractivity contribution in [2.75, 3.05) is 19.4 Å². The van der Waals surface area contributed by atoms with E-state index in [9.17, 15) is 14.7 Å². The van der Waals surface area contributed by atoms with Crippen molar-refractivity contribution in [3.63, 3.8) is 0 Å². The van der Waals surface area contributed by atoms with Crippen LogP contribution in [0.25, 0.3) is 0 Å². The molecule has 1 atom stereocenters. The number of hydrogen-bond acceptors (Lipinski definition) is 4. The number of carbonyl (C=O) groups excluding carboxylic acids is 1. The number of nitrogen functional groups attached to an aromatic ring is 1. The Bertz CT molecular complexity index is 530. The van der Waals surface area contributed by atoms with Crippen molar-refractivity contribution in [1.82, 2.24) is 4.90 Å². The number of amides is 1. The van der Waals surface area contributed by atoms with E-state index >= 15 is 0 Å². The number of nitrogens with two attached hydrogens (primary N) is 1. The largest absolute Gasteiger partial charge is 0.497 e. The van der Waals surface area contributed by atoms with Gasteiger partial charge in [-0.1, -0.05) is 0 Å². The molecule has 0 bridgehead atoms. The van der Waals surface area contributed by atoms with Crippen LogP contribution in [-0.4, -0.2) is 41.6 Å². The van der Waals surface area contributed by atoms with Crippen molar-refractivity contribution in [3.05, 3.63) is 23.8 Å². The molecular weight excluding hydrogens is 260 g/mol. The van der Waals surface area contributed by atoms with Gasteiger partial charge >= 0.3 is 5.97 Å². The molecule has 0 spiro atoms. The number of carboxylic acids is 1. The third-order valence-corrected chi connectivity index (χ3v) is 3.54. The molecule has 6 heteroatoms. The van der Waals surface area contributed by atoms with Gasteiger partial charge in [0.2, 0.25) is 0 Å². The minimum atomic E-state index is -0.967. The highest BCUT2D eigenvalue weighted by molar-refractivity contribution is 6.01. The summed E-state index contributed by atoms with van der Waals surface area (Å²) in [6.45, 7) is 0.446. The standard InChI is InChI=1S/C14H18N2O4/c1-20-9-5-6-10(11(15)8-9)13(17)16-7-3-2-4-12(16)14(18)19/h5-6,8,12H,2-4,7,15H2,1H3,(H,18,19)/t12-/m0/s1. The van der Waals surface area contributed by atoms with Crippen LogP contribution < -0.4 is 10.5 Å². The summed E-state index contributed by atoms with van der Waals surface area (Å²) in [6.07, 6.45) is 2.11. The van der Waals surface area contributed by atoms with E-state index in [0.29, 0.717) is 30.0 Å². The maximum absolute atomic E-state index is 12.5. The number of likely N-dealkylation sites (tertiary alicyclic amines) is 1. The Labute approximate surface area is 117 Å². The van der Waals surface area contributed by atoms with E-state index in [-0.39, 0.29) is 5.91 Å². The van der Waals surface area contributed by atoms with Crippen LogP contribution in [0.5, 0.6) is 5.75 Å². The second-order valence-corrected chi connectivity index (χ2v) is 4.80. The highest BCUT2D eigenvalue weighted by atomic mass is 16.5. The summed E-state index contributed by atoms with van der Waals surface area (Å²) in [5.41, 5.74) is 6.47. The maximum Gasteiger partial charge on any atom is 0.326 e. The van der Waals surface area contributed by atoms with Gasteiger partial charge in [0.05, 0.1) is 12.7 Å². The average Bonchev–Trinajstić information content (AvgIpc) is 2.46. The van der Waals surface area contributed by atoms with E-state index in [1.54, 1.807) is 18.2 Å². The number of carboxylic acid groups (broad SMARTS) is 1. The number of carbonyl (C=O) groups is 2. The molecule has 6 nitrogen and oxygen atoms in total. The lowest BCUT2D eigenvalue weighted by Crippen LogP contribution is -2.48. The first-order chi connectivity index (χ1) is 9.54. The minimum absolute atomic E-state index is 0.295. The topological polar surface area (TPSA) is 92.9 Å². The van der Waals surface area contributed by atoms with Crippen molar-refractivity contribution >= 4 is 17.6 Å². The summed E-state index contributed by atoms with van der Waals surface area (Å²) >= 11 is 0. The Balaban J connectivity index is 2.27. The number of hydrogen-bond donors (Lipinski definition) is 2. The number of piperidine rings is 1. The van der Waals surface area contributed by atoms with Crippen LogP contribution in [0.15, 0.2) is 18.2 Å². The van der Waals surface area contributed by atoms with Crippen LogP contribution in [-0.2, 0) is 4.79 Å². The molecule has 0 saturated carbocycles. The first-order valence-corrected chi connectivity index (χ1v) is 6.52. The fourth-order valence-corrected chi connectivity index (χ4v) is 2.45. The van der Waals surface area contributed by atoms with Gasteiger partial charge in [-0.15, -0.1) is 0 Å². The van der Waals surface area contributed by atoms with Gasteiger partial charge in [-0.05, 0) is 31.4 Å². The molecule has 1 aromatic carbocycles. The number of rotatable bonds is 3. The first-order valence-electron chi connectivity index (χ1n) is 6.52. The smallest absolute Gasteiger partial charge is 0.326 e. The van der Waals surface area contributed by atoms with Crippen molar-refractivity contribution < 1.29 is 19.4 Å². The number of nitrogens with zero attached hydrogens (tertiary/aromatic N) is 1. The van der Waals surface area contributed by atoms with Crippen LogP contribution in [0.3, 0.4) is 0 Å². The molecule has 2 rings (SSSR count). The van der Waals surface area contributed by atoms with Gasteiger partial charge in [0.1, 0.15) is 11.8 Å². The van der Waals surface area contributed by atoms with Crippen LogP contribution in [0.4, 0.5) is 5.69 Å². The lowest BCUT2D eigenvalue weighted by molar-refractivity contribution is -0.143. The first kappa shape index (κ1) is 14.2. The van der Waals surface area contributed by atoms with Gasteiger partial charge < -0.3 is 20.5 Å². The Hall–Kier alpha value is -2.24.